The van der Waals surface area contributed by atoms with Crippen molar-refractivity contribution in [3.8, 4) is 0 Å². The average Bonchev–Trinajstić information content (AvgIpc) is 3.09. The van der Waals surface area contributed by atoms with E-state index in [4.69, 9.17) is 5.73 Å². The SMILES string of the molecule is N[C@]1(CO)CC[C@H](c2ccc(C(=O)CCCCc3ccccc3)cc2)C1. The number of carbonyl (C=O) groups excluding carboxylic acids is 1. The molecule has 26 heavy (non-hydrogen) atoms. The molecule has 0 aliphatic heterocycles. The van der Waals surface area contributed by atoms with Crippen molar-refractivity contribution in [2.75, 3.05) is 6.61 Å². The number of rotatable bonds is 8. The van der Waals surface area contributed by atoms with Gasteiger partial charge in [-0.25, -0.2) is 0 Å². The summed E-state index contributed by atoms with van der Waals surface area (Å²) in [4.78, 5) is 12.4. The van der Waals surface area contributed by atoms with E-state index in [0.29, 0.717) is 12.3 Å². The Hall–Kier alpha value is -1.97. The highest BCUT2D eigenvalue weighted by atomic mass is 16.3. The van der Waals surface area contributed by atoms with E-state index in [1.807, 2.05) is 18.2 Å². The Bertz CT molecular complexity index is 711. The summed E-state index contributed by atoms with van der Waals surface area (Å²) >= 11 is 0. The van der Waals surface area contributed by atoms with E-state index < -0.39 is 5.54 Å². The molecule has 1 aliphatic rings. The third-order valence-electron chi connectivity index (χ3n) is 5.62. The minimum absolute atomic E-state index is 0.0447. The van der Waals surface area contributed by atoms with E-state index in [9.17, 15) is 9.90 Å². The first-order valence-electron chi connectivity index (χ1n) is 9.66. The highest BCUT2D eigenvalue weighted by molar-refractivity contribution is 5.96. The van der Waals surface area contributed by atoms with Crippen LogP contribution in [0.25, 0.3) is 0 Å². The molecule has 2 atom stereocenters. The Kier molecular flexibility index (Phi) is 6.23. The summed E-state index contributed by atoms with van der Waals surface area (Å²) in [6.45, 7) is 0.0447. The predicted octanol–water partition coefficient (Wildman–Crippen LogP) is 4.24. The van der Waals surface area contributed by atoms with E-state index >= 15 is 0 Å². The van der Waals surface area contributed by atoms with Gasteiger partial charge in [-0.1, -0.05) is 54.6 Å². The lowest BCUT2D eigenvalue weighted by atomic mass is 9.92. The van der Waals surface area contributed by atoms with Crippen molar-refractivity contribution < 1.29 is 9.90 Å². The lowest BCUT2D eigenvalue weighted by Crippen LogP contribution is -2.40. The van der Waals surface area contributed by atoms with Gasteiger partial charge in [-0.2, -0.15) is 0 Å². The minimum atomic E-state index is -0.433. The topological polar surface area (TPSA) is 63.3 Å². The van der Waals surface area contributed by atoms with Crippen LogP contribution in [0.15, 0.2) is 54.6 Å². The van der Waals surface area contributed by atoms with E-state index in [0.717, 1.165) is 44.1 Å². The Balaban J connectivity index is 1.46. The van der Waals surface area contributed by atoms with E-state index in [1.54, 1.807) is 0 Å². The summed E-state index contributed by atoms with van der Waals surface area (Å²) in [5.41, 5.74) is 9.10. The highest BCUT2D eigenvalue weighted by Crippen LogP contribution is 2.39. The summed E-state index contributed by atoms with van der Waals surface area (Å²) in [6.07, 6.45) is 6.27. The molecule has 1 saturated carbocycles. The van der Waals surface area contributed by atoms with Crippen LogP contribution in [0.3, 0.4) is 0 Å². The second-order valence-electron chi connectivity index (χ2n) is 7.70. The summed E-state index contributed by atoms with van der Waals surface area (Å²) in [5, 5.41) is 9.41. The van der Waals surface area contributed by atoms with Gasteiger partial charge >= 0.3 is 0 Å². The molecule has 0 heterocycles. The van der Waals surface area contributed by atoms with E-state index in [-0.39, 0.29) is 12.4 Å². The van der Waals surface area contributed by atoms with Crippen LogP contribution in [-0.2, 0) is 6.42 Å². The van der Waals surface area contributed by atoms with E-state index in [2.05, 4.69) is 36.4 Å². The molecule has 0 spiro atoms. The van der Waals surface area contributed by atoms with Gasteiger partial charge in [-0.15, -0.1) is 0 Å². The number of hydrogen-bond acceptors (Lipinski definition) is 3. The number of hydrogen-bond donors (Lipinski definition) is 2. The Morgan fingerprint density at radius 2 is 1.81 bits per heavy atom. The fourth-order valence-electron chi connectivity index (χ4n) is 3.93. The number of aliphatic hydroxyl groups is 1. The lowest BCUT2D eigenvalue weighted by molar-refractivity contribution is 0.0979. The first-order valence-corrected chi connectivity index (χ1v) is 9.66. The second-order valence-corrected chi connectivity index (χ2v) is 7.70. The van der Waals surface area contributed by atoms with Gasteiger partial charge in [0, 0.05) is 17.5 Å². The van der Waals surface area contributed by atoms with Crippen molar-refractivity contribution in [2.24, 2.45) is 5.73 Å². The zero-order chi connectivity index (χ0) is 18.4. The third-order valence-corrected chi connectivity index (χ3v) is 5.62. The van der Waals surface area contributed by atoms with Crippen LogP contribution in [-0.4, -0.2) is 23.0 Å². The van der Waals surface area contributed by atoms with Gasteiger partial charge in [0.05, 0.1) is 6.61 Å². The molecule has 2 aromatic carbocycles. The van der Waals surface area contributed by atoms with E-state index in [1.165, 1.54) is 11.1 Å². The molecule has 3 N–H and O–H groups in total. The summed E-state index contributed by atoms with van der Waals surface area (Å²) in [6, 6.07) is 18.4. The maximum atomic E-state index is 12.4. The molecular formula is C23H29NO2. The normalized spacial score (nSPS) is 22.5. The standard InChI is InChI=1S/C23H29NO2/c24-23(17-25)15-14-21(16-23)19-10-12-20(13-11-19)22(26)9-5-4-8-18-6-2-1-3-7-18/h1-3,6-7,10-13,21,25H,4-5,8-9,14-17,24H2/t21-,23+/m0/s1. The lowest BCUT2D eigenvalue weighted by Gasteiger charge is -2.20. The second kappa shape index (κ2) is 8.61. The van der Waals surface area contributed by atoms with Crippen molar-refractivity contribution in [3.05, 3.63) is 71.3 Å². The molecule has 3 rings (SSSR count). The fraction of sp³-hybridized carbons (Fsp3) is 0.435. The van der Waals surface area contributed by atoms with Gasteiger partial charge in [0.2, 0.25) is 0 Å². The number of aliphatic hydroxyl groups excluding tert-OH is 1. The first kappa shape index (κ1) is 18.8. The largest absolute Gasteiger partial charge is 0.394 e. The van der Waals surface area contributed by atoms with Crippen molar-refractivity contribution in [1.82, 2.24) is 0 Å². The predicted molar refractivity (Wildman–Crippen MR) is 105 cm³/mol. The smallest absolute Gasteiger partial charge is 0.162 e. The fourth-order valence-corrected chi connectivity index (χ4v) is 3.93. The van der Waals surface area contributed by atoms with Crippen LogP contribution in [0, 0.1) is 0 Å². The molecule has 1 fully saturated rings. The number of benzene rings is 2. The molecular weight excluding hydrogens is 322 g/mol. The van der Waals surface area contributed by atoms with Crippen LogP contribution < -0.4 is 5.73 Å². The highest BCUT2D eigenvalue weighted by Gasteiger charge is 2.35. The Labute approximate surface area is 156 Å². The van der Waals surface area contributed by atoms with Crippen molar-refractivity contribution >= 4 is 5.78 Å². The Morgan fingerprint density at radius 3 is 2.46 bits per heavy atom. The molecule has 0 aromatic heterocycles. The molecule has 0 amide bonds. The average molecular weight is 351 g/mol. The van der Waals surface area contributed by atoms with Crippen LogP contribution in [0.4, 0.5) is 0 Å². The molecule has 0 unspecified atom stereocenters. The maximum absolute atomic E-state index is 12.4. The quantitative estimate of drug-likeness (QED) is 0.552. The monoisotopic (exact) mass is 351 g/mol. The zero-order valence-corrected chi connectivity index (χ0v) is 15.4. The molecule has 3 heteroatoms. The number of Topliss-reactive ketones (excluding diaryl/α,β-unsaturated/α-hetero) is 1. The number of ketones is 1. The number of nitrogens with two attached hydrogens (primary N) is 1. The third kappa shape index (κ3) is 4.80. The maximum Gasteiger partial charge on any atom is 0.162 e. The van der Waals surface area contributed by atoms with Crippen LogP contribution in [0.5, 0.6) is 0 Å². The van der Waals surface area contributed by atoms with Gasteiger partial charge in [-0.3, -0.25) is 4.79 Å². The molecule has 138 valence electrons. The van der Waals surface area contributed by atoms with Crippen LogP contribution in [0.2, 0.25) is 0 Å². The first-order chi connectivity index (χ1) is 12.6. The van der Waals surface area contributed by atoms with Crippen molar-refractivity contribution in [3.63, 3.8) is 0 Å². The van der Waals surface area contributed by atoms with Gasteiger partial charge < -0.3 is 10.8 Å². The molecule has 2 aromatic rings. The molecule has 0 saturated heterocycles. The van der Waals surface area contributed by atoms with Crippen LogP contribution in [0.1, 0.15) is 65.9 Å². The Morgan fingerprint density at radius 1 is 1.08 bits per heavy atom. The van der Waals surface area contributed by atoms with Gasteiger partial charge in [0.15, 0.2) is 5.78 Å². The molecule has 3 nitrogen and oxygen atoms in total. The van der Waals surface area contributed by atoms with Gasteiger partial charge in [0.25, 0.3) is 0 Å². The summed E-state index contributed by atoms with van der Waals surface area (Å²) in [7, 11) is 0. The van der Waals surface area contributed by atoms with Crippen molar-refractivity contribution in [1.29, 1.82) is 0 Å². The van der Waals surface area contributed by atoms with Crippen LogP contribution >= 0.6 is 0 Å². The molecule has 0 radical (unpaired) electrons. The number of carbonyl (C=O) groups is 1. The van der Waals surface area contributed by atoms with Crippen molar-refractivity contribution in [2.45, 2.75) is 56.4 Å². The minimum Gasteiger partial charge on any atom is -0.394 e. The van der Waals surface area contributed by atoms with Gasteiger partial charge in [0.1, 0.15) is 0 Å². The van der Waals surface area contributed by atoms with Gasteiger partial charge in [-0.05, 0) is 55.6 Å². The number of aryl methyl sites for hydroxylation is 1. The number of unbranched alkanes of at least 4 members (excludes halogenated alkanes) is 1. The molecule has 0 bridgehead atoms. The zero-order valence-electron chi connectivity index (χ0n) is 15.4. The summed E-state index contributed by atoms with van der Waals surface area (Å²) < 4.78 is 0. The summed E-state index contributed by atoms with van der Waals surface area (Å²) in [5.74, 6) is 0.613. The molecule has 1 aliphatic carbocycles.